The highest BCUT2D eigenvalue weighted by atomic mass is 16.7. The van der Waals surface area contributed by atoms with Crippen molar-refractivity contribution >= 4 is 23.9 Å². The third-order valence-electron chi connectivity index (χ3n) is 8.52. The zero-order valence-corrected chi connectivity index (χ0v) is 32.4. The molecule has 0 amide bonds. The zero-order chi connectivity index (χ0) is 40.2. The Morgan fingerprint density at radius 3 is 1.45 bits per heavy atom. The second-order valence-corrected chi connectivity index (χ2v) is 13.4. The molecule has 3 aromatic carbocycles. The van der Waals surface area contributed by atoms with Crippen LogP contribution in [0.5, 0.6) is 0 Å². The minimum absolute atomic E-state index is 0.0808. The van der Waals surface area contributed by atoms with Crippen LogP contribution in [0.25, 0.3) is 0 Å². The predicted molar refractivity (Wildman–Crippen MR) is 202 cm³/mol. The van der Waals surface area contributed by atoms with Gasteiger partial charge in [-0.15, -0.1) is 0 Å². The SMILES string of the molecule is CC(=O)OCC1O[C@@H](OCCCNC(COCc2ccccc2)(COCc2ccccc2)COCc2ccccc2)C(OC(C)=O)C(OC(C)=O)[C@@H]1OC(C)=O. The van der Waals surface area contributed by atoms with Gasteiger partial charge in [-0.2, -0.15) is 0 Å². The molecule has 1 aliphatic heterocycles. The molecule has 0 aliphatic carbocycles. The highest BCUT2D eigenvalue weighted by Crippen LogP contribution is 2.30. The van der Waals surface area contributed by atoms with Gasteiger partial charge < -0.3 is 47.9 Å². The minimum atomic E-state index is -1.32. The van der Waals surface area contributed by atoms with E-state index in [0.29, 0.717) is 32.8 Å². The van der Waals surface area contributed by atoms with Crippen molar-refractivity contribution in [1.29, 1.82) is 0 Å². The molecule has 3 aromatic rings. The summed E-state index contributed by atoms with van der Waals surface area (Å²) in [6.45, 7) is 6.77. The average molecular weight is 780 g/mol. The Morgan fingerprint density at radius 2 is 1.02 bits per heavy atom. The summed E-state index contributed by atoms with van der Waals surface area (Å²) in [5.41, 5.74) is 2.28. The molecule has 1 saturated heterocycles. The van der Waals surface area contributed by atoms with Gasteiger partial charge in [0, 0.05) is 27.7 Å². The lowest BCUT2D eigenvalue weighted by Crippen LogP contribution is -2.63. The molecule has 1 fully saturated rings. The fraction of sp³-hybridized carbons (Fsp3) is 0.476. The smallest absolute Gasteiger partial charge is 0.303 e. The van der Waals surface area contributed by atoms with E-state index in [-0.39, 0.29) is 33.0 Å². The fourth-order valence-corrected chi connectivity index (χ4v) is 6.04. The Labute approximate surface area is 328 Å². The van der Waals surface area contributed by atoms with Crippen LogP contribution < -0.4 is 5.32 Å². The van der Waals surface area contributed by atoms with Crippen LogP contribution in [0.4, 0.5) is 0 Å². The Kier molecular flexibility index (Phi) is 18.4. The molecule has 0 bridgehead atoms. The molecule has 1 N–H and O–H groups in total. The van der Waals surface area contributed by atoms with E-state index in [1.54, 1.807) is 0 Å². The first-order chi connectivity index (χ1) is 27.0. The molecular formula is C42H53NO13. The molecule has 4 rings (SSSR count). The quantitative estimate of drug-likeness (QED) is 0.0816. The number of hydrogen-bond acceptors (Lipinski definition) is 14. The van der Waals surface area contributed by atoms with Gasteiger partial charge in [0.1, 0.15) is 12.7 Å². The fourth-order valence-electron chi connectivity index (χ4n) is 6.04. The first-order valence-corrected chi connectivity index (χ1v) is 18.6. The monoisotopic (exact) mass is 779 g/mol. The Balaban J connectivity index is 1.49. The molecule has 56 heavy (non-hydrogen) atoms. The average Bonchev–Trinajstić information content (AvgIpc) is 3.17. The molecule has 1 aliphatic rings. The Morgan fingerprint density at radius 1 is 0.589 bits per heavy atom. The van der Waals surface area contributed by atoms with E-state index in [4.69, 9.17) is 42.6 Å². The first-order valence-electron chi connectivity index (χ1n) is 18.6. The van der Waals surface area contributed by atoms with Gasteiger partial charge in [-0.1, -0.05) is 91.0 Å². The van der Waals surface area contributed by atoms with Crippen LogP contribution >= 0.6 is 0 Å². The van der Waals surface area contributed by atoms with E-state index in [0.717, 1.165) is 30.5 Å². The van der Waals surface area contributed by atoms with Crippen LogP contribution in [0.1, 0.15) is 50.8 Å². The summed E-state index contributed by atoms with van der Waals surface area (Å²) < 4.78 is 52.7. The van der Waals surface area contributed by atoms with Crippen molar-refractivity contribution < 1.29 is 61.8 Å². The standard InChI is InChI=1S/C42H53NO13/c1-30(44)52-26-37-38(53-31(2)45)39(54-32(3)46)40(55-33(4)47)41(56-37)51-22-14-21-43-42(27-48-23-34-15-8-5-9-16-34,28-49-24-35-17-10-6-11-18-35)29-50-25-36-19-12-7-13-20-36/h5-13,15-20,37-41,43H,14,21-29H2,1-4H3/t37?,38-,39?,40?,41-/m1/s1. The van der Waals surface area contributed by atoms with Gasteiger partial charge in [0.05, 0.1) is 51.8 Å². The second kappa shape index (κ2) is 23.4. The largest absolute Gasteiger partial charge is 0.463 e. The van der Waals surface area contributed by atoms with Crippen LogP contribution in [-0.2, 0) is 81.6 Å². The van der Waals surface area contributed by atoms with Crippen molar-refractivity contribution in [3.05, 3.63) is 108 Å². The lowest BCUT2D eigenvalue weighted by Gasteiger charge is -2.44. The first kappa shape index (κ1) is 44.0. The van der Waals surface area contributed by atoms with Crippen molar-refractivity contribution in [1.82, 2.24) is 5.32 Å². The van der Waals surface area contributed by atoms with Gasteiger partial charge in [-0.3, -0.25) is 19.2 Å². The molecular weight excluding hydrogens is 726 g/mol. The van der Waals surface area contributed by atoms with E-state index >= 15 is 0 Å². The molecule has 5 atom stereocenters. The van der Waals surface area contributed by atoms with Crippen molar-refractivity contribution in [2.24, 2.45) is 0 Å². The van der Waals surface area contributed by atoms with E-state index in [1.807, 2.05) is 91.0 Å². The minimum Gasteiger partial charge on any atom is -0.463 e. The summed E-state index contributed by atoms with van der Waals surface area (Å²) in [5, 5.41) is 3.61. The number of esters is 4. The van der Waals surface area contributed by atoms with Crippen LogP contribution in [-0.4, -0.2) is 99.7 Å². The molecule has 14 nitrogen and oxygen atoms in total. The van der Waals surface area contributed by atoms with E-state index in [2.05, 4.69) is 5.32 Å². The lowest BCUT2D eigenvalue weighted by atomic mass is 9.98. The third kappa shape index (κ3) is 15.4. The number of benzene rings is 3. The van der Waals surface area contributed by atoms with Gasteiger partial charge in [0.2, 0.25) is 0 Å². The number of ether oxygens (including phenoxy) is 9. The molecule has 0 aromatic heterocycles. The highest BCUT2D eigenvalue weighted by molar-refractivity contribution is 5.68. The number of carbonyl (C=O) groups is 4. The van der Waals surface area contributed by atoms with Crippen molar-refractivity contribution in [3.8, 4) is 0 Å². The predicted octanol–water partition coefficient (Wildman–Crippen LogP) is 4.46. The van der Waals surface area contributed by atoms with Gasteiger partial charge >= 0.3 is 23.9 Å². The summed E-state index contributed by atoms with van der Waals surface area (Å²) in [5.74, 6) is -2.76. The van der Waals surface area contributed by atoms with Crippen LogP contribution in [0.2, 0.25) is 0 Å². The molecule has 304 valence electrons. The Hall–Kier alpha value is -4.70. The molecule has 0 saturated carbocycles. The van der Waals surface area contributed by atoms with Gasteiger partial charge in [0.15, 0.2) is 24.6 Å². The van der Waals surface area contributed by atoms with Crippen molar-refractivity contribution in [2.75, 3.05) is 39.6 Å². The Bertz CT molecular complexity index is 1510. The maximum atomic E-state index is 12.2. The number of rotatable bonds is 23. The van der Waals surface area contributed by atoms with E-state index < -0.39 is 60.1 Å². The van der Waals surface area contributed by atoms with Crippen molar-refractivity contribution in [3.63, 3.8) is 0 Å². The maximum Gasteiger partial charge on any atom is 0.303 e. The second-order valence-electron chi connectivity index (χ2n) is 13.4. The van der Waals surface area contributed by atoms with Gasteiger partial charge in [-0.25, -0.2) is 0 Å². The number of hydrogen-bond donors (Lipinski definition) is 1. The molecule has 0 spiro atoms. The van der Waals surface area contributed by atoms with Crippen LogP contribution in [0, 0.1) is 0 Å². The van der Waals surface area contributed by atoms with Crippen LogP contribution in [0.3, 0.4) is 0 Å². The lowest BCUT2D eigenvalue weighted by molar-refractivity contribution is -0.308. The van der Waals surface area contributed by atoms with Gasteiger partial charge in [-0.05, 0) is 29.7 Å². The molecule has 0 radical (unpaired) electrons. The van der Waals surface area contributed by atoms with Crippen molar-refractivity contribution in [2.45, 2.75) is 90.2 Å². The molecule has 1 heterocycles. The third-order valence-corrected chi connectivity index (χ3v) is 8.52. The molecule has 3 unspecified atom stereocenters. The summed E-state index contributed by atoms with van der Waals surface area (Å²) in [6.07, 6.45) is -5.88. The summed E-state index contributed by atoms with van der Waals surface area (Å²) in [6, 6.07) is 29.6. The highest BCUT2D eigenvalue weighted by Gasteiger charge is 2.52. The summed E-state index contributed by atoms with van der Waals surface area (Å²) in [7, 11) is 0. The van der Waals surface area contributed by atoms with E-state index in [1.165, 1.54) is 13.8 Å². The van der Waals surface area contributed by atoms with E-state index in [9.17, 15) is 19.2 Å². The van der Waals surface area contributed by atoms with Crippen LogP contribution in [0.15, 0.2) is 91.0 Å². The number of nitrogens with one attached hydrogen (secondary N) is 1. The van der Waals surface area contributed by atoms with Gasteiger partial charge in [0.25, 0.3) is 0 Å². The topological polar surface area (TPSA) is 163 Å². The number of carbonyl (C=O) groups excluding carboxylic acids is 4. The maximum absolute atomic E-state index is 12.2. The summed E-state index contributed by atoms with van der Waals surface area (Å²) >= 11 is 0. The summed E-state index contributed by atoms with van der Waals surface area (Å²) in [4.78, 5) is 48.2. The normalized spacial score (nSPS) is 19.5. The zero-order valence-electron chi connectivity index (χ0n) is 32.4. The molecule has 14 heteroatoms.